The number of hydrogen-bond acceptors (Lipinski definition) is 5. The Morgan fingerprint density at radius 1 is 0.900 bits per heavy atom. The van der Waals surface area contributed by atoms with Crippen LogP contribution in [0.5, 0.6) is 5.75 Å². The van der Waals surface area contributed by atoms with E-state index in [1.165, 1.54) is 0 Å². The van der Waals surface area contributed by atoms with Crippen LogP contribution in [0.25, 0.3) is 11.0 Å². The lowest BCUT2D eigenvalue weighted by Crippen LogP contribution is -1.78. The highest BCUT2D eigenvalue weighted by atomic mass is 16.3. The second kappa shape index (κ2) is 8.63. The minimum atomic E-state index is 0.0281. The maximum Gasteiger partial charge on any atom is 0.115 e. The van der Waals surface area contributed by atoms with Crippen molar-refractivity contribution >= 4 is 11.0 Å². The lowest BCUT2D eigenvalue weighted by Gasteiger charge is -1.93. The maximum atomic E-state index is 8.77. The summed E-state index contributed by atoms with van der Waals surface area (Å²) < 4.78 is 0. The number of H-pyrrole nitrogens is 1. The molecule has 0 fully saturated rings. The Bertz CT molecular complexity index is 578. The molecule has 3 rings (SSSR count). The third kappa shape index (κ3) is 4.68. The Kier molecular flexibility index (Phi) is 6.74. The number of rotatable bonds is 1. The number of nitrogens with one attached hydrogen (secondary N) is 1. The van der Waals surface area contributed by atoms with Gasteiger partial charge in [-0.1, -0.05) is 24.3 Å². The molecule has 6 nitrogen and oxygen atoms in total. The van der Waals surface area contributed by atoms with E-state index in [-0.39, 0.29) is 12.4 Å². The second-order valence-electron chi connectivity index (χ2n) is 3.64. The van der Waals surface area contributed by atoms with E-state index in [1.54, 1.807) is 24.3 Å². The van der Waals surface area contributed by atoms with Crippen LogP contribution in [0.15, 0.2) is 48.5 Å². The first-order valence-corrected chi connectivity index (χ1v) is 5.88. The van der Waals surface area contributed by atoms with E-state index >= 15 is 0 Å². The zero-order valence-electron chi connectivity index (χ0n) is 11.1. The van der Waals surface area contributed by atoms with E-state index in [0.29, 0.717) is 0 Å². The molecule has 0 aliphatic carbocycles. The fraction of sp³-hybridized carbons (Fsp3) is 0.143. The summed E-state index contributed by atoms with van der Waals surface area (Å²) in [4.78, 5) is 0. The van der Waals surface area contributed by atoms with Crippen LogP contribution in [0.2, 0.25) is 0 Å². The third-order valence-corrected chi connectivity index (χ3v) is 2.34. The van der Waals surface area contributed by atoms with Gasteiger partial charge < -0.3 is 15.3 Å². The van der Waals surface area contributed by atoms with Gasteiger partial charge in [0.05, 0.1) is 6.61 Å². The largest absolute Gasteiger partial charge is 0.508 e. The number of hydrogen-bond donors (Lipinski definition) is 4. The Hall–Kier alpha value is -2.44. The van der Waals surface area contributed by atoms with Gasteiger partial charge in [-0.05, 0) is 29.8 Å². The topological polar surface area (TPSA) is 102 Å². The fourth-order valence-electron chi connectivity index (χ4n) is 1.39. The molecule has 0 spiro atoms. The summed E-state index contributed by atoms with van der Waals surface area (Å²) in [5.41, 5.74) is 2.64. The molecule has 0 atom stereocenters. The number of fused-ring (bicyclic) bond motifs is 1. The van der Waals surface area contributed by atoms with E-state index in [9.17, 15) is 0 Å². The van der Waals surface area contributed by atoms with Gasteiger partial charge in [-0.2, -0.15) is 15.4 Å². The van der Waals surface area contributed by atoms with Crippen molar-refractivity contribution in [2.75, 3.05) is 7.11 Å². The van der Waals surface area contributed by atoms with Crippen LogP contribution in [0.1, 0.15) is 5.56 Å². The highest BCUT2D eigenvalue weighted by molar-refractivity contribution is 5.72. The van der Waals surface area contributed by atoms with Gasteiger partial charge in [0.15, 0.2) is 0 Å². The molecule has 106 valence electrons. The smallest absolute Gasteiger partial charge is 0.115 e. The monoisotopic (exact) mass is 275 g/mol. The summed E-state index contributed by atoms with van der Waals surface area (Å²) in [5, 5.41) is 34.6. The molecule has 0 aliphatic rings. The molecule has 0 radical (unpaired) electrons. The van der Waals surface area contributed by atoms with Crippen molar-refractivity contribution in [2.45, 2.75) is 6.61 Å². The number of benzene rings is 2. The van der Waals surface area contributed by atoms with Crippen molar-refractivity contribution in [2.24, 2.45) is 0 Å². The van der Waals surface area contributed by atoms with Crippen LogP contribution in [-0.4, -0.2) is 37.8 Å². The van der Waals surface area contributed by atoms with Crippen molar-refractivity contribution in [1.29, 1.82) is 0 Å². The van der Waals surface area contributed by atoms with Gasteiger partial charge in [-0.15, -0.1) is 0 Å². The molecule has 1 heterocycles. The normalized spacial score (nSPS) is 9.15. The molecular weight excluding hydrogens is 258 g/mol. The van der Waals surface area contributed by atoms with Crippen molar-refractivity contribution < 1.29 is 15.3 Å². The molecule has 0 saturated carbocycles. The molecular formula is C14H17N3O3. The quantitative estimate of drug-likeness (QED) is 0.538. The Labute approximate surface area is 116 Å². The van der Waals surface area contributed by atoms with Gasteiger partial charge in [0.2, 0.25) is 0 Å². The Morgan fingerprint density at radius 2 is 1.40 bits per heavy atom. The lowest BCUT2D eigenvalue weighted by atomic mass is 10.2. The number of aliphatic hydroxyl groups is 2. The molecule has 20 heavy (non-hydrogen) atoms. The summed E-state index contributed by atoms with van der Waals surface area (Å²) in [6, 6.07) is 14.1. The molecule has 0 saturated heterocycles. The number of phenols is 1. The van der Waals surface area contributed by atoms with Gasteiger partial charge in [0.1, 0.15) is 16.8 Å². The van der Waals surface area contributed by atoms with Crippen molar-refractivity contribution in [3.63, 3.8) is 0 Å². The summed E-state index contributed by atoms with van der Waals surface area (Å²) in [6.07, 6.45) is 0. The highest BCUT2D eigenvalue weighted by Gasteiger charge is 1.90. The van der Waals surface area contributed by atoms with Crippen molar-refractivity contribution in [1.82, 2.24) is 15.4 Å². The first kappa shape index (κ1) is 15.6. The lowest BCUT2D eigenvalue weighted by molar-refractivity contribution is 0.281. The average molecular weight is 275 g/mol. The predicted molar refractivity (Wildman–Crippen MR) is 76.1 cm³/mol. The third-order valence-electron chi connectivity index (χ3n) is 2.34. The van der Waals surface area contributed by atoms with Crippen LogP contribution in [0, 0.1) is 0 Å². The van der Waals surface area contributed by atoms with Gasteiger partial charge in [0, 0.05) is 7.11 Å². The number of para-hydroxylation sites is 2. The number of aromatic nitrogens is 3. The van der Waals surface area contributed by atoms with Gasteiger partial charge in [0.25, 0.3) is 0 Å². The molecule has 4 N–H and O–H groups in total. The van der Waals surface area contributed by atoms with Crippen LogP contribution >= 0.6 is 0 Å². The van der Waals surface area contributed by atoms with E-state index < -0.39 is 0 Å². The molecule has 2 aromatic carbocycles. The van der Waals surface area contributed by atoms with Gasteiger partial charge in [-0.3, -0.25) is 0 Å². The van der Waals surface area contributed by atoms with Gasteiger partial charge in [-0.25, -0.2) is 0 Å². The minimum absolute atomic E-state index is 0.0281. The zero-order chi connectivity index (χ0) is 14.8. The summed E-state index contributed by atoms with van der Waals surface area (Å²) in [5.74, 6) is 0.229. The Morgan fingerprint density at radius 3 is 1.85 bits per heavy atom. The average Bonchev–Trinajstić information content (AvgIpc) is 2.99. The van der Waals surface area contributed by atoms with Crippen LogP contribution in [0.4, 0.5) is 0 Å². The molecule has 6 heteroatoms. The van der Waals surface area contributed by atoms with E-state index in [2.05, 4.69) is 15.4 Å². The van der Waals surface area contributed by atoms with Crippen LogP contribution < -0.4 is 0 Å². The number of phenolic OH excluding ortho intramolecular Hbond substituents is 1. The van der Waals surface area contributed by atoms with Crippen molar-refractivity contribution in [3.8, 4) is 5.75 Å². The molecule has 0 bridgehead atoms. The minimum Gasteiger partial charge on any atom is -0.508 e. The molecule has 0 aliphatic heterocycles. The number of aliphatic hydroxyl groups excluding tert-OH is 2. The molecule has 0 unspecified atom stereocenters. The predicted octanol–water partition coefficient (Wildman–Crippen LogP) is 1.45. The summed E-state index contributed by atoms with van der Waals surface area (Å²) >= 11 is 0. The van der Waals surface area contributed by atoms with E-state index in [0.717, 1.165) is 23.7 Å². The SMILES string of the molecule is CO.OCc1ccc(O)cc1.c1ccc2n[nH]nc2c1. The van der Waals surface area contributed by atoms with E-state index in [4.69, 9.17) is 15.3 Å². The summed E-state index contributed by atoms with van der Waals surface area (Å²) in [7, 11) is 1.00. The van der Waals surface area contributed by atoms with Gasteiger partial charge >= 0.3 is 0 Å². The fourth-order valence-corrected chi connectivity index (χ4v) is 1.39. The number of nitrogens with zero attached hydrogens (tertiary/aromatic N) is 2. The molecule has 1 aromatic heterocycles. The van der Waals surface area contributed by atoms with Crippen LogP contribution in [0.3, 0.4) is 0 Å². The first-order chi connectivity index (χ1) is 9.79. The molecule has 3 aromatic rings. The first-order valence-electron chi connectivity index (χ1n) is 5.88. The zero-order valence-corrected chi connectivity index (χ0v) is 11.1. The number of aromatic amines is 1. The molecule has 0 amide bonds. The maximum absolute atomic E-state index is 8.77. The Balaban J connectivity index is 0.000000178. The second-order valence-corrected chi connectivity index (χ2v) is 3.64. The standard InChI is InChI=1S/C7H8O2.C6H5N3.CH4O/c8-5-6-1-3-7(9)4-2-6;1-2-4-6-5(3-1)7-9-8-6;1-2/h1-4,8-9H,5H2;1-4H,(H,7,8,9);2H,1H3. The number of aromatic hydroxyl groups is 1. The van der Waals surface area contributed by atoms with E-state index in [1.807, 2.05) is 24.3 Å². The highest BCUT2D eigenvalue weighted by Crippen LogP contribution is 2.08. The van der Waals surface area contributed by atoms with Crippen LogP contribution in [-0.2, 0) is 6.61 Å². The van der Waals surface area contributed by atoms with Crippen molar-refractivity contribution in [3.05, 3.63) is 54.1 Å². The summed E-state index contributed by atoms with van der Waals surface area (Å²) in [6.45, 7) is 0.0281.